The van der Waals surface area contributed by atoms with Crippen molar-refractivity contribution in [2.75, 3.05) is 23.3 Å². The number of piperidine rings is 1. The fourth-order valence-corrected chi connectivity index (χ4v) is 4.31. The van der Waals surface area contributed by atoms with Gasteiger partial charge in [0.05, 0.1) is 5.39 Å². The third kappa shape index (κ3) is 2.38. The van der Waals surface area contributed by atoms with Crippen LogP contribution in [0, 0.1) is 19.8 Å². The van der Waals surface area contributed by atoms with Crippen molar-refractivity contribution < 1.29 is 0 Å². The van der Waals surface area contributed by atoms with Crippen LogP contribution in [0.15, 0.2) is 6.33 Å². The minimum absolute atomic E-state index is 0.735. The lowest BCUT2D eigenvalue weighted by Gasteiger charge is -2.33. The first-order valence-electron chi connectivity index (χ1n) is 6.72. The molecule has 1 unspecified atom stereocenters. The van der Waals surface area contributed by atoms with Crippen LogP contribution in [0.25, 0.3) is 10.2 Å². The highest BCUT2D eigenvalue weighted by Crippen LogP contribution is 2.35. The maximum atomic E-state index is 4.58. The van der Waals surface area contributed by atoms with Gasteiger partial charge in [0.1, 0.15) is 17.0 Å². The van der Waals surface area contributed by atoms with Gasteiger partial charge >= 0.3 is 0 Å². The Morgan fingerprint density at radius 2 is 2.26 bits per heavy atom. The van der Waals surface area contributed by atoms with E-state index in [1.807, 2.05) is 0 Å². The standard InChI is InChI=1S/C14H18BrN3S/c1-9-10(2)19-14-12(9)13(16-8-17-14)18-5-3-4-11(6-15)7-18/h8,11H,3-7H2,1-2H3. The first kappa shape index (κ1) is 13.3. The quantitative estimate of drug-likeness (QED) is 0.776. The van der Waals surface area contributed by atoms with E-state index in [-0.39, 0.29) is 0 Å². The van der Waals surface area contributed by atoms with Gasteiger partial charge in [-0.05, 0) is 38.2 Å². The molecule has 1 saturated heterocycles. The van der Waals surface area contributed by atoms with E-state index in [9.17, 15) is 0 Å². The summed E-state index contributed by atoms with van der Waals surface area (Å²) < 4.78 is 0. The predicted octanol–water partition coefficient (Wildman–Crippen LogP) is 3.92. The van der Waals surface area contributed by atoms with Gasteiger partial charge in [-0.15, -0.1) is 11.3 Å². The molecule has 0 bridgehead atoms. The molecule has 19 heavy (non-hydrogen) atoms. The maximum absolute atomic E-state index is 4.58. The van der Waals surface area contributed by atoms with Crippen LogP contribution in [0.5, 0.6) is 0 Å². The van der Waals surface area contributed by atoms with Crippen molar-refractivity contribution in [3.63, 3.8) is 0 Å². The van der Waals surface area contributed by atoms with Gasteiger partial charge in [-0.1, -0.05) is 15.9 Å². The van der Waals surface area contributed by atoms with E-state index in [1.54, 1.807) is 17.7 Å². The van der Waals surface area contributed by atoms with Gasteiger partial charge < -0.3 is 4.90 Å². The second-order valence-corrected chi connectivity index (χ2v) is 7.12. The van der Waals surface area contributed by atoms with E-state index in [1.165, 1.54) is 28.7 Å². The summed E-state index contributed by atoms with van der Waals surface area (Å²) in [6.45, 7) is 6.57. The maximum Gasteiger partial charge on any atom is 0.141 e. The second-order valence-electron chi connectivity index (χ2n) is 5.27. The van der Waals surface area contributed by atoms with E-state index < -0.39 is 0 Å². The zero-order chi connectivity index (χ0) is 13.4. The Kier molecular flexibility index (Phi) is 3.76. The molecule has 0 radical (unpaired) electrons. The Balaban J connectivity index is 2.04. The van der Waals surface area contributed by atoms with Crippen LogP contribution in [0.2, 0.25) is 0 Å². The lowest BCUT2D eigenvalue weighted by atomic mass is 10.00. The molecule has 1 aliphatic rings. The van der Waals surface area contributed by atoms with Crippen LogP contribution >= 0.6 is 27.3 Å². The Bertz CT molecular complexity index is 596. The van der Waals surface area contributed by atoms with Crippen molar-refractivity contribution in [3.8, 4) is 0 Å². The lowest BCUT2D eigenvalue weighted by molar-refractivity contribution is 0.453. The fourth-order valence-electron chi connectivity index (χ4n) is 2.79. The van der Waals surface area contributed by atoms with Gasteiger partial charge in [-0.2, -0.15) is 0 Å². The number of anilines is 1. The van der Waals surface area contributed by atoms with E-state index in [4.69, 9.17) is 0 Å². The molecule has 0 saturated carbocycles. The third-order valence-corrected chi connectivity index (χ3v) is 6.01. The summed E-state index contributed by atoms with van der Waals surface area (Å²) in [5.74, 6) is 1.87. The van der Waals surface area contributed by atoms with E-state index in [0.29, 0.717) is 0 Å². The van der Waals surface area contributed by atoms with Crippen molar-refractivity contribution in [1.29, 1.82) is 0 Å². The summed E-state index contributed by atoms with van der Waals surface area (Å²) in [6.07, 6.45) is 4.28. The van der Waals surface area contributed by atoms with Gasteiger partial charge in [-0.25, -0.2) is 9.97 Å². The molecule has 0 N–H and O–H groups in total. The number of halogens is 1. The molecule has 1 aliphatic heterocycles. The molecule has 2 aromatic heterocycles. The summed E-state index contributed by atoms with van der Waals surface area (Å²) in [6, 6.07) is 0. The number of aromatic nitrogens is 2. The Hall–Kier alpha value is -0.680. The molecule has 102 valence electrons. The molecular formula is C14H18BrN3S. The predicted molar refractivity (Wildman–Crippen MR) is 85.6 cm³/mol. The minimum atomic E-state index is 0.735. The zero-order valence-electron chi connectivity index (χ0n) is 11.3. The van der Waals surface area contributed by atoms with Crippen LogP contribution < -0.4 is 4.90 Å². The molecule has 0 amide bonds. The Morgan fingerprint density at radius 3 is 3.05 bits per heavy atom. The summed E-state index contributed by atoms with van der Waals surface area (Å²) in [5, 5.41) is 2.35. The molecule has 1 fully saturated rings. The molecule has 5 heteroatoms. The summed E-state index contributed by atoms with van der Waals surface area (Å²) in [7, 11) is 0. The molecule has 0 aromatic carbocycles. The number of aryl methyl sites for hydroxylation is 2. The number of thiophene rings is 1. The van der Waals surface area contributed by atoms with Gasteiger partial charge in [0.2, 0.25) is 0 Å². The number of alkyl halides is 1. The number of fused-ring (bicyclic) bond motifs is 1. The Morgan fingerprint density at radius 1 is 1.42 bits per heavy atom. The summed E-state index contributed by atoms with van der Waals surface area (Å²) in [4.78, 5) is 13.9. The van der Waals surface area contributed by atoms with Crippen molar-refractivity contribution in [2.45, 2.75) is 26.7 Å². The zero-order valence-corrected chi connectivity index (χ0v) is 13.7. The van der Waals surface area contributed by atoms with Gasteiger partial charge in [0.25, 0.3) is 0 Å². The molecule has 3 rings (SSSR count). The third-order valence-electron chi connectivity index (χ3n) is 3.98. The van der Waals surface area contributed by atoms with Crippen LogP contribution in [0.3, 0.4) is 0 Å². The van der Waals surface area contributed by atoms with Crippen LogP contribution in [-0.4, -0.2) is 28.4 Å². The number of hydrogen-bond acceptors (Lipinski definition) is 4. The van der Waals surface area contributed by atoms with E-state index >= 15 is 0 Å². The highest BCUT2D eigenvalue weighted by atomic mass is 79.9. The first-order valence-corrected chi connectivity index (χ1v) is 8.66. The summed E-state index contributed by atoms with van der Waals surface area (Å²) in [5.41, 5.74) is 1.34. The molecular weight excluding hydrogens is 322 g/mol. The average molecular weight is 340 g/mol. The van der Waals surface area contributed by atoms with Gasteiger partial charge in [0.15, 0.2) is 0 Å². The molecule has 0 spiro atoms. The van der Waals surface area contributed by atoms with Crippen molar-refractivity contribution in [2.24, 2.45) is 5.92 Å². The smallest absolute Gasteiger partial charge is 0.141 e. The van der Waals surface area contributed by atoms with Crippen molar-refractivity contribution in [1.82, 2.24) is 9.97 Å². The Labute approximate surface area is 126 Å². The number of rotatable bonds is 2. The van der Waals surface area contributed by atoms with Gasteiger partial charge in [-0.3, -0.25) is 0 Å². The first-order chi connectivity index (χ1) is 9.20. The average Bonchev–Trinajstić information content (AvgIpc) is 2.74. The largest absolute Gasteiger partial charge is 0.356 e. The van der Waals surface area contributed by atoms with Gasteiger partial charge in [0, 0.05) is 23.3 Å². The highest BCUT2D eigenvalue weighted by Gasteiger charge is 2.23. The van der Waals surface area contributed by atoms with E-state index in [0.717, 1.165) is 35.0 Å². The molecule has 3 nitrogen and oxygen atoms in total. The second kappa shape index (κ2) is 5.37. The van der Waals surface area contributed by atoms with Crippen LogP contribution in [-0.2, 0) is 0 Å². The topological polar surface area (TPSA) is 29.0 Å². The van der Waals surface area contributed by atoms with Crippen LogP contribution in [0.4, 0.5) is 5.82 Å². The molecule has 3 heterocycles. The fraction of sp³-hybridized carbons (Fsp3) is 0.571. The summed E-state index contributed by atoms with van der Waals surface area (Å²) >= 11 is 5.40. The van der Waals surface area contributed by atoms with E-state index in [2.05, 4.69) is 44.6 Å². The van der Waals surface area contributed by atoms with Crippen molar-refractivity contribution in [3.05, 3.63) is 16.8 Å². The number of hydrogen-bond donors (Lipinski definition) is 0. The molecule has 2 aromatic rings. The lowest BCUT2D eigenvalue weighted by Crippen LogP contribution is -2.36. The highest BCUT2D eigenvalue weighted by molar-refractivity contribution is 9.09. The minimum Gasteiger partial charge on any atom is -0.356 e. The number of nitrogens with zero attached hydrogens (tertiary/aromatic N) is 3. The molecule has 0 aliphatic carbocycles. The van der Waals surface area contributed by atoms with Crippen LogP contribution in [0.1, 0.15) is 23.3 Å². The SMILES string of the molecule is Cc1sc2ncnc(N3CCCC(CBr)C3)c2c1C. The van der Waals surface area contributed by atoms with Crippen molar-refractivity contribution >= 4 is 43.3 Å². The molecule has 1 atom stereocenters. The monoisotopic (exact) mass is 339 g/mol. The normalized spacial score (nSPS) is 20.2.